The first kappa shape index (κ1) is 24.3. The van der Waals surface area contributed by atoms with E-state index in [-0.39, 0.29) is 5.78 Å². The summed E-state index contributed by atoms with van der Waals surface area (Å²) in [6.07, 6.45) is 8.81. The molecule has 0 spiro atoms. The number of unbranched alkanes of at least 4 members (excludes halogenated alkanes) is 1. The van der Waals surface area contributed by atoms with Gasteiger partial charge in [0, 0.05) is 12.0 Å². The molecule has 5 rings (SSSR count). The quantitative estimate of drug-likeness (QED) is 0.189. The maximum Gasteiger partial charge on any atom is 0.162 e. The Hall–Kier alpha value is -3.37. The Morgan fingerprint density at radius 1 is 0.806 bits per heavy atom. The van der Waals surface area contributed by atoms with Crippen LogP contribution in [0.2, 0.25) is 0 Å². The number of likely N-dealkylation sites (tertiary alicyclic amines) is 1. The van der Waals surface area contributed by atoms with Crippen molar-refractivity contribution in [1.82, 2.24) is 4.90 Å². The van der Waals surface area contributed by atoms with Crippen molar-refractivity contribution < 1.29 is 14.3 Å². The lowest BCUT2D eigenvalue weighted by Crippen LogP contribution is -2.30. The highest BCUT2D eigenvalue weighted by atomic mass is 16.5. The summed E-state index contributed by atoms with van der Waals surface area (Å²) in [5.74, 6) is 1.64. The molecule has 1 aliphatic heterocycles. The van der Waals surface area contributed by atoms with Gasteiger partial charge in [-0.05, 0) is 103 Å². The van der Waals surface area contributed by atoms with Crippen LogP contribution >= 0.6 is 0 Å². The van der Waals surface area contributed by atoms with Crippen LogP contribution in [0.1, 0.15) is 65.6 Å². The number of rotatable bonds is 9. The van der Waals surface area contributed by atoms with E-state index in [0.717, 1.165) is 41.6 Å². The Labute approximate surface area is 214 Å². The molecule has 4 nitrogen and oxygen atoms in total. The predicted molar refractivity (Wildman–Crippen MR) is 147 cm³/mol. The number of carbonyl (C=O) groups excluding carboxylic acids is 1. The molecule has 0 radical (unpaired) electrons. The van der Waals surface area contributed by atoms with E-state index in [4.69, 9.17) is 9.47 Å². The van der Waals surface area contributed by atoms with E-state index < -0.39 is 0 Å². The summed E-state index contributed by atoms with van der Waals surface area (Å²) in [5, 5.41) is 0. The summed E-state index contributed by atoms with van der Waals surface area (Å²) in [6, 6.07) is 20.6. The summed E-state index contributed by atoms with van der Waals surface area (Å²) < 4.78 is 10.9. The molecule has 1 fully saturated rings. The lowest BCUT2D eigenvalue weighted by molar-refractivity contribution is 0.0977. The molecule has 0 unspecified atom stereocenters. The number of ketones is 1. The molecule has 0 amide bonds. The predicted octanol–water partition coefficient (Wildman–Crippen LogP) is 7.11. The fraction of sp³-hybridized carbons (Fsp3) is 0.344. The zero-order valence-electron chi connectivity index (χ0n) is 21.4. The van der Waals surface area contributed by atoms with Crippen molar-refractivity contribution in [2.75, 3.05) is 33.9 Å². The molecule has 186 valence electrons. The minimum absolute atomic E-state index is 0.234. The number of hydrogen-bond donors (Lipinski definition) is 0. The summed E-state index contributed by atoms with van der Waals surface area (Å²) in [4.78, 5) is 15.7. The van der Waals surface area contributed by atoms with Gasteiger partial charge in [-0.2, -0.15) is 0 Å². The molecule has 0 aromatic heterocycles. The summed E-state index contributed by atoms with van der Waals surface area (Å²) in [5.41, 5.74) is 7.65. The Morgan fingerprint density at radius 2 is 1.56 bits per heavy atom. The van der Waals surface area contributed by atoms with E-state index in [9.17, 15) is 4.79 Å². The van der Waals surface area contributed by atoms with Crippen LogP contribution in [0.4, 0.5) is 0 Å². The van der Waals surface area contributed by atoms with Crippen molar-refractivity contribution in [3.05, 3.63) is 82.9 Å². The fourth-order valence-corrected chi connectivity index (χ4v) is 5.49. The smallest absolute Gasteiger partial charge is 0.162 e. The fourth-order valence-electron chi connectivity index (χ4n) is 5.49. The number of nitrogens with zero attached hydrogens (tertiary/aromatic N) is 1. The van der Waals surface area contributed by atoms with Crippen LogP contribution in [0, 0.1) is 0 Å². The highest BCUT2D eigenvalue weighted by molar-refractivity contribution is 6.08. The van der Waals surface area contributed by atoms with E-state index in [1.807, 2.05) is 24.3 Å². The first-order valence-electron chi connectivity index (χ1n) is 13.1. The van der Waals surface area contributed by atoms with Crippen molar-refractivity contribution in [2.24, 2.45) is 0 Å². The third-order valence-corrected chi connectivity index (χ3v) is 7.43. The molecule has 3 aromatic carbocycles. The molecule has 0 bridgehead atoms. The summed E-state index contributed by atoms with van der Waals surface area (Å²) in [6.45, 7) is 3.55. The first-order valence-corrected chi connectivity index (χ1v) is 13.1. The van der Waals surface area contributed by atoms with Crippen molar-refractivity contribution >= 4 is 17.4 Å². The van der Waals surface area contributed by atoms with Gasteiger partial charge in [0.05, 0.1) is 14.2 Å². The van der Waals surface area contributed by atoms with Crippen molar-refractivity contribution in [1.29, 1.82) is 0 Å². The molecule has 0 atom stereocenters. The van der Waals surface area contributed by atoms with Crippen LogP contribution < -0.4 is 9.47 Å². The second-order valence-corrected chi connectivity index (χ2v) is 9.76. The second kappa shape index (κ2) is 11.1. The normalized spacial score (nSPS) is 16.0. The number of piperidine rings is 1. The average Bonchev–Trinajstić information content (AvgIpc) is 3.24. The SMILES string of the molecule is COc1ccc(/C=C2/c3ccccc3-c3ccc(C(=O)CCCCN4CCCCC4)cc32)cc1OC. The van der Waals surface area contributed by atoms with Crippen molar-refractivity contribution in [2.45, 2.75) is 38.5 Å². The van der Waals surface area contributed by atoms with Gasteiger partial charge in [0.15, 0.2) is 17.3 Å². The van der Waals surface area contributed by atoms with Crippen LogP contribution in [0.3, 0.4) is 0 Å². The van der Waals surface area contributed by atoms with E-state index in [1.165, 1.54) is 49.0 Å². The molecular formula is C32H35NO3. The number of benzene rings is 3. The highest BCUT2D eigenvalue weighted by Crippen LogP contribution is 2.45. The highest BCUT2D eigenvalue weighted by Gasteiger charge is 2.24. The average molecular weight is 482 g/mol. The van der Waals surface area contributed by atoms with Gasteiger partial charge in [-0.1, -0.05) is 48.9 Å². The van der Waals surface area contributed by atoms with E-state index in [2.05, 4.69) is 47.4 Å². The minimum atomic E-state index is 0.234. The molecule has 36 heavy (non-hydrogen) atoms. The van der Waals surface area contributed by atoms with Gasteiger partial charge in [0.2, 0.25) is 0 Å². The van der Waals surface area contributed by atoms with Crippen molar-refractivity contribution in [3.8, 4) is 22.6 Å². The molecule has 4 heteroatoms. The molecule has 1 saturated heterocycles. The number of methoxy groups -OCH3 is 2. The molecule has 3 aromatic rings. The monoisotopic (exact) mass is 481 g/mol. The molecule has 1 heterocycles. The zero-order valence-corrected chi connectivity index (χ0v) is 21.4. The third-order valence-electron chi connectivity index (χ3n) is 7.43. The third kappa shape index (κ3) is 5.10. The van der Waals surface area contributed by atoms with Gasteiger partial charge >= 0.3 is 0 Å². The number of carbonyl (C=O) groups is 1. The van der Waals surface area contributed by atoms with E-state index in [1.54, 1.807) is 14.2 Å². The first-order chi connectivity index (χ1) is 17.7. The van der Waals surface area contributed by atoms with Crippen LogP contribution in [-0.2, 0) is 0 Å². The van der Waals surface area contributed by atoms with Gasteiger partial charge in [0.25, 0.3) is 0 Å². The van der Waals surface area contributed by atoms with E-state index in [0.29, 0.717) is 17.9 Å². The Bertz CT molecular complexity index is 1270. The van der Waals surface area contributed by atoms with Gasteiger partial charge < -0.3 is 14.4 Å². The zero-order chi connectivity index (χ0) is 24.9. The van der Waals surface area contributed by atoms with E-state index >= 15 is 0 Å². The van der Waals surface area contributed by atoms with Gasteiger partial charge in [-0.15, -0.1) is 0 Å². The molecule has 1 aliphatic carbocycles. The second-order valence-electron chi connectivity index (χ2n) is 9.76. The van der Waals surface area contributed by atoms with Crippen LogP contribution in [0.25, 0.3) is 22.8 Å². The maximum atomic E-state index is 13.1. The van der Waals surface area contributed by atoms with Crippen LogP contribution in [-0.4, -0.2) is 44.5 Å². The number of fused-ring (bicyclic) bond motifs is 3. The number of hydrogen-bond acceptors (Lipinski definition) is 4. The summed E-state index contributed by atoms with van der Waals surface area (Å²) in [7, 11) is 3.30. The number of Topliss-reactive ketones (excluding diaryl/α,β-unsaturated/α-hetero) is 1. The van der Waals surface area contributed by atoms with Gasteiger partial charge in [-0.25, -0.2) is 0 Å². The van der Waals surface area contributed by atoms with Gasteiger partial charge in [-0.3, -0.25) is 4.79 Å². The topological polar surface area (TPSA) is 38.8 Å². The Morgan fingerprint density at radius 3 is 2.33 bits per heavy atom. The number of ether oxygens (including phenoxy) is 2. The van der Waals surface area contributed by atoms with Crippen LogP contribution in [0.15, 0.2) is 60.7 Å². The molecule has 0 saturated carbocycles. The Kier molecular flexibility index (Phi) is 7.52. The summed E-state index contributed by atoms with van der Waals surface area (Å²) >= 11 is 0. The van der Waals surface area contributed by atoms with Crippen molar-refractivity contribution in [3.63, 3.8) is 0 Å². The molecule has 2 aliphatic rings. The van der Waals surface area contributed by atoms with Crippen LogP contribution in [0.5, 0.6) is 11.5 Å². The standard InChI is InChI=1S/C32H35NO3/c1-35-31-16-13-23(21-32(31)36-2)20-28-26-11-5-4-10-25(26)27-15-14-24(22-29(27)28)30(34)12-6-9-19-33-17-7-3-8-18-33/h4-5,10-11,13-16,20-22H,3,6-9,12,17-19H2,1-2H3/b28-20-. The molecule has 0 N–H and O–H groups in total. The molecular weight excluding hydrogens is 446 g/mol. The Balaban J connectivity index is 1.38. The van der Waals surface area contributed by atoms with Gasteiger partial charge in [0.1, 0.15) is 0 Å². The minimum Gasteiger partial charge on any atom is -0.493 e. The lowest BCUT2D eigenvalue weighted by Gasteiger charge is -2.26. The maximum absolute atomic E-state index is 13.1. The lowest BCUT2D eigenvalue weighted by atomic mass is 9.96. The largest absolute Gasteiger partial charge is 0.493 e.